The fraction of sp³-hybridized carbons (Fsp3) is 0.571. The fourth-order valence-corrected chi connectivity index (χ4v) is 2.88. The third-order valence-electron chi connectivity index (χ3n) is 4.21. The van der Waals surface area contributed by atoms with Crippen molar-refractivity contribution in [1.82, 2.24) is 0 Å². The van der Waals surface area contributed by atoms with Gasteiger partial charge in [0, 0.05) is 24.3 Å². The molecule has 1 aromatic carbocycles. The zero-order valence-corrected chi connectivity index (χ0v) is 9.78. The van der Waals surface area contributed by atoms with Crippen molar-refractivity contribution in [2.24, 2.45) is 5.73 Å². The molecule has 1 aliphatic heterocycles. The number of fused-ring (bicyclic) bond motifs is 1. The lowest BCUT2D eigenvalue weighted by atomic mass is 9.75. The Balaban J connectivity index is 1.65. The highest BCUT2D eigenvalue weighted by Crippen LogP contribution is 2.34. The lowest BCUT2D eigenvalue weighted by Gasteiger charge is -2.39. The van der Waals surface area contributed by atoms with Crippen LogP contribution in [-0.4, -0.2) is 18.6 Å². The molecule has 0 aromatic heterocycles. The van der Waals surface area contributed by atoms with Crippen LogP contribution < -0.4 is 10.6 Å². The van der Waals surface area contributed by atoms with Crippen molar-refractivity contribution < 1.29 is 0 Å². The summed E-state index contributed by atoms with van der Waals surface area (Å²) in [6, 6.07) is 8.76. The molecule has 0 amide bonds. The maximum Gasteiger partial charge on any atom is 0.0399 e. The predicted molar refractivity (Wildman–Crippen MR) is 67.7 cm³/mol. The summed E-state index contributed by atoms with van der Waals surface area (Å²) in [6.07, 6.45) is 6.13. The van der Waals surface area contributed by atoms with Crippen LogP contribution in [0, 0.1) is 0 Å². The SMILES string of the molecule is NC1(CCN2CCc3ccccc32)CCC1. The molecule has 0 saturated heterocycles. The molecule has 1 saturated carbocycles. The zero-order chi connectivity index (χ0) is 11.0. The maximum atomic E-state index is 6.27. The van der Waals surface area contributed by atoms with Crippen LogP contribution in [0.15, 0.2) is 24.3 Å². The second kappa shape index (κ2) is 3.77. The first kappa shape index (κ1) is 10.2. The van der Waals surface area contributed by atoms with Gasteiger partial charge < -0.3 is 10.6 Å². The number of hydrogen-bond donors (Lipinski definition) is 1. The minimum absolute atomic E-state index is 0.164. The first-order chi connectivity index (χ1) is 7.77. The normalized spacial score (nSPS) is 21.7. The Morgan fingerprint density at radius 2 is 2.06 bits per heavy atom. The van der Waals surface area contributed by atoms with Gasteiger partial charge in [-0.1, -0.05) is 18.2 Å². The molecule has 1 aliphatic carbocycles. The molecule has 2 N–H and O–H groups in total. The summed E-state index contributed by atoms with van der Waals surface area (Å²) in [5.41, 5.74) is 9.38. The number of anilines is 1. The van der Waals surface area contributed by atoms with Crippen LogP contribution in [0.2, 0.25) is 0 Å². The van der Waals surface area contributed by atoms with E-state index in [9.17, 15) is 0 Å². The van der Waals surface area contributed by atoms with Gasteiger partial charge in [-0.05, 0) is 43.7 Å². The molecular formula is C14H20N2. The fourth-order valence-electron chi connectivity index (χ4n) is 2.88. The molecule has 0 bridgehead atoms. The monoisotopic (exact) mass is 216 g/mol. The number of nitrogens with zero attached hydrogens (tertiary/aromatic N) is 1. The maximum absolute atomic E-state index is 6.27. The summed E-state index contributed by atoms with van der Waals surface area (Å²) in [4.78, 5) is 2.50. The third kappa shape index (κ3) is 1.71. The Hall–Kier alpha value is -1.02. The van der Waals surface area contributed by atoms with Gasteiger partial charge in [-0.15, -0.1) is 0 Å². The molecule has 16 heavy (non-hydrogen) atoms. The van der Waals surface area contributed by atoms with Crippen LogP contribution in [0.4, 0.5) is 5.69 Å². The van der Waals surface area contributed by atoms with E-state index in [4.69, 9.17) is 5.73 Å². The van der Waals surface area contributed by atoms with Gasteiger partial charge in [-0.2, -0.15) is 0 Å². The van der Waals surface area contributed by atoms with Gasteiger partial charge in [-0.3, -0.25) is 0 Å². The van der Waals surface area contributed by atoms with Gasteiger partial charge in [0.15, 0.2) is 0 Å². The number of rotatable bonds is 3. The second-order valence-corrected chi connectivity index (χ2v) is 5.33. The van der Waals surface area contributed by atoms with Gasteiger partial charge in [0.05, 0.1) is 0 Å². The summed E-state index contributed by atoms with van der Waals surface area (Å²) in [5, 5.41) is 0. The largest absolute Gasteiger partial charge is 0.371 e. The first-order valence-electron chi connectivity index (χ1n) is 6.39. The van der Waals surface area contributed by atoms with Crippen molar-refractivity contribution in [1.29, 1.82) is 0 Å². The molecule has 0 unspecified atom stereocenters. The van der Waals surface area contributed by atoms with Crippen LogP contribution in [0.1, 0.15) is 31.2 Å². The van der Waals surface area contributed by atoms with Gasteiger partial charge in [0.2, 0.25) is 0 Å². The van der Waals surface area contributed by atoms with Gasteiger partial charge in [-0.25, -0.2) is 0 Å². The van der Waals surface area contributed by atoms with E-state index < -0.39 is 0 Å². The molecule has 2 heteroatoms. The minimum atomic E-state index is 0.164. The Morgan fingerprint density at radius 3 is 2.81 bits per heavy atom. The summed E-state index contributed by atoms with van der Waals surface area (Å²) < 4.78 is 0. The quantitative estimate of drug-likeness (QED) is 0.840. The van der Waals surface area contributed by atoms with E-state index in [0.717, 1.165) is 13.0 Å². The van der Waals surface area contributed by atoms with Crippen molar-refractivity contribution in [3.8, 4) is 0 Å². The highest BCUT2D eigenvalue weighted by atomic mass is 15.1. The highest BCUT2D eigenvalue weighted by molar-refractivity contribution is 5.57. The van der Waals surface area contributed by atoms with E-state index >= 15 is 0 Å². The molecule has 1 aromatic rings. The average molecular weight is 216 g/mol. The lowest BCUT2D eigenvalue weighted by Crippen LogP contribution is -2.48. The van der Waals surface area contributed by atoms with Gasteiger partial charge >= 0.3 is 0 Å². The van der Waals surface area contributed by atoms with Gasteiger partial charge in [0.25, 0.3) is 0 Å². The second-order valence-electron chi connectivity index (χ2n) is 5.33. The van der Waals surface area contributed by atoms with Crippen molar-refractivity contribution in [2.75, 3.05) is 18.0 Å². The molecule has 3 rings (SSSR count). The molecule has 2 nitrogen and oxygen atoms in total. The standard InChI is InChI=1S/C14H20N2/c15-14(7-3-8-14)9-11-16-10-6-12-4-1-2-5-13(12)16/h1-2,4-5H,3,6-11,15H2. The number of benzene rings is 1. The number of hydrogen-bond acceptors (Lipinski definition) is 2. The van der Waals surface area contributed by atoms with Crippen molar-refractivity contribution in [3.63, 3.8) is 0 Å². The van der Waals surface area contributed by atoms with Crippen LogP contribution in [0.5, 0.6) is 0 Å². The molecule has 0 spiro atoms. The van der Waals surface area contributed by atoms with Crippen molar-refractivity contribution in [2.45, 2.75) is 37.6 Å². The molecule has 0 radical (unpaired) electrons. The Morgan fingerprint density at radius 1 is 1.25 bits per heavy atom. The van der Waals surface area contributed by atoms with Gasteiger partial charge in [0.1, 0.15) is 0 Å². The van der Waals surface area contributed by atoms with E-state index in [1.807, 2.05) is 0 Å². The summed E-state index contributed by atoms with van der Waals surface area (Å²) in [7, 11) is 0. The summed E-state index contributed by atoms with van der Waals surface area (Å²) in [5.74, 6) is 0. The summed E-state index contributed by atoms with van der Waals surface area (Å²) >= 11 is 0. The minimum Gasteiger partial charge on any atom is -0.371 e. The van der Waals surface area contributed by atoms with Crippen molar-refractivity contribution in [3.05, 3.63) is 29.8 Å². The predicted octanol–water partition coefficient (Wildman–Crippen LogP) is 2.32. The molecule has 1 heterocycles. The van der Waals surface area contributed by atoms with E-state index in [2.05, 4.69) is 29.2 Å². The Bertz CT molecular complexity index is 382. The molecule has 1 fully saturated rings. The molecular weight excluding hydrogens is 196 g/mol. The van der Waals surface area contributed by atoms with Crippen LogP contribution in [-0.2, 0) is 6.42 Å². The molecule has 86 valence electrons. The first-order valence-corrected chi connectivity index (χ1v) is 6.39. The lowest BCUT2D eigenvalue weighted by molar-refractivity contribution is 0.234. The molecule has 0 atom stereocenters. The van der Waals surface area contributed by atoms with E-state index in [0.29, 0.717) is 0 Å². The topological polar surface area (TPSA) is 29.3 Å². The number of nitrogens with two attached hydrogens (primary N) is 1. The third-order valence-corrected chi connectivity index (χ3v) is 4.21. The highest BCUT2D eigenvalue weighted by Gasteiger charge is 2.33. The van der Waals surface area contributed by atoms with E-state index in [1.54, 1.807) is 0 Å². The Kier molecular flexibility index (Phi) is 2.40. The summed E-state index contributed by atoms with van der Waals surface area (Å²) in [6.45, 7) is 2.31. The zero-order valence-electron chi connectivity index (χ0n) is 9.78. The van der Waals surface area contributed by atoms with E-state index in [1.165, 1.54) is 43.5 Å². The van der Waals surface area contributed by atoms with E-state index in [-0.39, 0.29) is 5.54 Å². The number of para-hydroxylation sites is 1. The van der Waals surface area contributed by atoms with Crippen LogP contribution >= 0.6 is 0 Å². The van der Waals surface area contributed by atoms with Crippen molar-refractivity contribution >= 4 is 5.69 Å². The van der Waals surface area contributed by atoms with Crippen LogP contribution in [0.25, 0.3) is 0 Å². The Labute approximate surface area is 97.4 Å². The average Bonchev–Trinajstić information content (AvgIpc) is 2.67. The molecule has 2 aliphatic rings. The van der Waals surface area contributed by atoms with Crippen LogP contribution in [0.3, 0.4) is 0 Å². The smallest absolute Gasteiger partial charge is 0.0399 e.